The Balaban J connectivity index is 1.84. The second-order valence-electron chi connectivity index (χ2n) is 4.48. The van der Waals surface area contributed by atoms with Crippen LogP contribution in [0.15, 0.2) is 12.4 Å². The third-order valence-corrected chi connectivity index (χ3v) is 3.02. The molecular weight excluding hydrogens is 214 g/mol. The Kier molecular flexibility index (Phi) is 4.88. The minimum Gasteiger partial charge on any atom is -0.378 e. The highest BCUT2D eigenvalue weighted by atomic mass is 16.5. The van der Waals surface area contributed by atoms with Crippen LogP contribution >= 0.6 is 0 Å². The van der Waals surface area contributed by atoms with E-state index in [4.69, 9.17) is 4.74 Å². The normalized spacial score (nSPS) is 20.4. The molecule has 1 aliphatic rings. The van der Waals surface area contributed by atoms with Gasteiger partial charge in [-0.2, -0.15) is 0 Å². The molecule has 0 bridgehead atoms. The fourth-order valence-electron chi connectivity index (χ4n) is 2.02. The molecule has 94 valence electrons. The SMILES string of the molecule is CCNCc1cnc(CC2CCCCO2)nc1. The molecule has 17 heavy (non-hydrogen) atoms. The van der Waals surface area contributed by atoms with Crippen LogP contribution in [0.1, 0.15) is 37.6 Å². The van der Waals surface area contributed by atoms with Crippen molar-refractivity contribution in [3.05, 3.63) is 23.8 Å². The predicted molar refractivity (Wildman–Crippen MR) is 66.7 cm³/mol. The molecule has 2 rings (SSSR count). The molecule has 4 heteroatoms. The molecule has 0 radical (unpaired) electrons. The zero-order chi connectivity index (χ0) is 11.9. The van der Waals surface area contributed by atoms with E-state index in [1.165, 1.54) is 12.8 Å². The number of rotatable bonds is 5. The highest BCUT2D eigenvalue weighted by Crippen LogP contribution is 2.15. The Morgan fingerprint density at radius 3 is 2.82 bits per heavy atom. The standard InChI is InChI=1S/C13H21N3O/c1-2-14-8-11-9-15-13(16-10-11)7-12-5-3-4-6-17-12/h9-10,12,14H,2-8H2,1H3. The summed E-state index contributed by atoms with van der Waals surface area (Å²) >= 11 is 0. The van der Waals surface area contributed by atoms with Crippen molar-refractivity contribution in [2.75, 3.05) is 13.2 Å². The summed E-state index contributed by atoms with van der Waals surface area (Å²) in [6.45, 7) is 4.80. The van der Waals surface area contributed by atoms with Crippen LogP contribution in [0, 0.1) is 0 Å². The van der Waals surface area contributed by atoms with Gasteiger partial charge in [0.1, 0.15) is 5.82 Å². The van der Waals surface area contributed by atoms with Crippen LogP contribution in [0.25, 0.3) is 0 Å². The van der Waals surface area contributed by atoms with E-state index in [1.54, 1.807) is 0 Å². The Morgan fingerprint density at radius 1 is 1.35 bits per heavy atom. The number of hydrogen-bond acceptors (Lipinski definition) is 4. The molecule has 1 N–H and O–H groups in total. The molecule has 1 aromatic rings. The lowest BCUT2D eigenvalue weighted by molar-refractivity contribution is 0.0156. The zero-order valence-electron chi connectivity index (χ0n) is 10.5. The van der Waals surface area contributed by atoms with Crippen LogP contribution in [0.2, 0.25) is 0 Å². The summed E-state index contributed by atoms with van der Waals surface area (Å²) in [5.41, 5.74) is 1.14. The number of nitrogens with one attached hydrogen (secondary N) is 1. The summed E-state index contributed by atoms with van der Waals surface area (Å²) in [7, 11) is 0. The first-order valence-electron chi connectivity index (χ1n) is 6.50. The van der Waals surface area contributed by atoms with Crippen LogP contribution in [0.3, 0.4) is 0 Å². The van der Waals surface area contributed by atoms with Crippen molar-refractivity contribution in [2.45, 2.75) is 45.3 Å². The number of aromatic nitrogens is 2. The first kappa shape index (κ1) is 12.5. The van der Waals surface area contributed by atoms with E-state index in [-0.39, 0.29) is 0 Å². The molecule has 0 saturated carbocycles. The quantitative estimate of drug-likeness (QED) is 0.844. The fourth-order valence-corrected chi connectivity index (χ4v) is 2.02. The molecule has 1 aromatic heterocycles. The minimum absolute atomic E-state index is 0.323. The maximum atomic E-state index is 5.68. The molecule has 1 atom stereocenters. The summed E-state index contributed by atoms with van der Waals surface area (Å²) in [6, 6.07) is 0. The smallest absolute Gasteiger partial charge is 0.130 e. The zero-order valence-corrected chi connectivity index (χ0v) is 10.5. The van der Waals surface area contributed by atoms with Crippen molar-refractivity contribution in [1.29, 1.82) is 0 Å². The first-order valence-corrected chi connectivity index (χ1v) is 6.50. The van der Waals surface area contributed by atoms with Gasteiger partial charge in [-0.3, -0.25) is 0 Å². The van der Waals surface area contributed by atoms with Gasteiger partial charge in [0.2, 0.25) is 0 Å². The van der Waals surface area contributed by atoms with Gasteiger partial charge < -0.3 is 10.1 Å². The van der Waals surface area contributed by atoms with E-state index in [2.05, 4.69) is 22.2 Å². The summed E-state index contributed by atoms with van der Waals surface area (Å²) in [6.07, 6.45) is 8.59. The number of ether oxygens (including phenoxy) is 1. The maximum Gasteiger partial charge on any atom is 0.130 e. The first-order chi connectivity index (χ1) is 8.38. The second kappa shape index (κ2) is 6.67. The largest absolute Gasteiger partial charge is 0.378 e. The van der Waals surface area contributed by atoms with E-state index >= 15 is 0 Å². The van der Waals surface area contributed by atoms with Gasteiger partial charge in [-0.15, -0.1) is 0 Å². The van der Waals surface area contributed by atoms with Crippen molar-refractivity contribution in [2.24, 2.45) is 0 Å². The molecule has 4 nitrogen and oxygen atoms in total. The Labute approximate surface area is 103 Å². The van der Waals surface area contributed by atoms with Crippen molar-refractivity contribution >= 4 is 0 Å². The maximum absolute atomic E-state index is 5.68. The lowest BCUT2D eigenvalue weighted by atomic mass is 10.1. The van der Waals surface area contributed by atoms with Crippen LogP contribution in [-0.4, -0.2) is 29.2 Å². The van der Waals surface area contributed by atoms with Gasteiger partial charge in [-0.05, 0) is 25.8 Å². The van der Waals surface area contributed by atoms with E-state index in [0.717, 1.165) is 43.9 Å². The number of hydrogen-bond donors (Lipinski definition) is 1. The van der Waals surface area contributed by atoms with Crippen molar-refractivity contribution in [3.8, 4) is 0 Å². The van der Waals surface area contributed by atoms with Crippen LogP contribution in [0.4, 0.5) is 0 Å². The van der Waals surface area contributed by atoms with E-state index in [9.17, 15) is 0 Å². The Bertz CT molecular complexity index is 320. The second-order valence-corrected chi connectivity index (χ2v) is 4.48. The topological polar surface area (TPSA) is 47.0 Å². The highest BCUT2D eigenvalue weighted by molar-refractivity contribution is 5.05. The lowest BCUT2D eigenvalue weighted by Gasteiger charge is -2.21. The van der Waals surface area contributed by atoms with Gasteiger partial charge in [0.15, 0.2) is 0 Å². The van der Waals surface area contributed by atoms with Crippen LogP contribution < -0.4 is 5.32 Å². The molecule has 1 saturated heterocycles. The molecule has 1 unspecified atom stereocenters. The van der Waals surface area contributed by atoms with Crippen LogP contribution in [0.5, 0.6) is 0 Å². The molecular formula is C13H21N3O. The average Bonchev–Trinajstić information content (AvgIpc) is 2.39. The number of nitrogens with zero attached hydrogens (tertiary/aromatic N) is 2. The summed E-state index contributed by atoms with van der Waals surface area (Å²) in [5.74, 6) is 0.900. The van der Waals surface area contributed by atoms with E-state index in [0.29, 0.717) is 6.10 Å². The van der Waals surface area contributed by atoms with E-state index < -0.39 is 0 Å². The third-order valence-electron chi connectivity index (χ3n) is 3.02. The molecule has 1 fully saturated rings. The van der Waals surface area contributed by atoms with Crippen LogP contribution in [-0.2, 0) is 17.7 Å². The summed E-state index contributed by atoms with van der Waals surface area (Å²) in [5, 5.41) is 3.26. The summed E-state index contributed by atoms with van der Waals surface area (Å²) < 4.78 is 5.68. The van der Waals surface area contributed by atoms with Gasteiger partial charge in [-0.1, -0.05) is 6.92 Å². The van der Waals surface area contributed by atoms with Gasteiger partial charge >= 0.3 is 0 Å². The van der Waals surface area contributed by atoms with Gasteiger partial charge in [-0.25, -0.2) is 9.97 Å². The molecule has 2 heterocycles. The minimum atomic E-state index is 0.323. The molecule has 0 aliphatic carbocycles. The lowest BCUT2D eigenvalue weighted by Crippen LogP contribution is -2.22. The molecule has 1 aliphatic heterocycles. The Morgan fingerprint density at radius 2 is 2.18 bits per heavy atom. The third kappa shape index (κ3) is 4.06. The highest BCUT2D eigenvalue weighted by Gasteiger charge is 2.15. The molecule has 0 amide bonds. The van der Waals surface area contributed by atoms with Crippen molar-refractivity contribution in [3.63, 3.8) is 0 Å². The van der Waals surface area contributed by atoms with Crippen molar-refractivity contribution in [1.82, 2.24) is 15.3 Å². The van der Waals surface area contributed by atoms with Gasteiger partial charge in [0, 0.05) is 37.5 Å². The monoisotopic (exact) mass is 235 g/mol. The molecule has 0 aromatic carbocycles. The molecule has 0 spiro atoms. The van der Waals surface area contributed by atoms with E-state index in [1.807, 2.05) is 12.4 Å². The van der Waals surface area contributed by atoms with Gasteiger partial charge in [0.25, 0.3) is 0 Å². The summed E-state index contributed by atoms with van der Waals surface area (Å²) in [4.78, 5) is 8.79. The predicted octanol–water partition coefficient (Wildman–Crippen LogP) is 1.70. The van der Waals surface area contributed by atoms with Gasteiger partial charge in [0.05, 0.1) is 6.10 Å². The van der Waals surface area contributed by atoms with Crippen molar-refractivity contribution < 1.29 is 4.74 Å². The fraction of sp³-hybridized carbons (Fsp3) is 0.692. The Hall–Kier alpha value is -1.00. The average molecular weight is 235 g/mol.